The molecule has 1 aromatic rings. The Hall–Kier alpha value is -1.74. The first-order valence-electron chi connectivity index (χ1n) is 7.33. The third-order valence-corrected chi connectivity index (χ3v) is 5.13. The van der Waals surface area contributed by atoms with Crippen LogP contribution in [0.25, 0.3) is 0 Å². The standard InChI is InChI=1S/C14H16N4O3S2/c19-12(8-18-13(20)9-23-14(18)22)17-6-2-3-10(7-17)21-11-4-1-5-15-16-11/h1,4-5,10H,2-3,6-9H2. The van der Waals surface area contributed by atoms with Crippen LogP contribution in [0.3, 0.4) is 0 Å². The zero-order chi connectivity index (χ0) is 16.2. The highest BCUT2D eigenvalue weighted by Crippen LogP contribution is 2.20. The Morgan fingerprint density at radius 2 is 2.39 bits per heavy atom. The molecular formula is C14H16N4O3S2. The van der Waals surface area contributed by atoms with Crippen LogP contribution in [0, 0.1) is 0 Å². The minimum absolute atomic E-state index is 0.0164. The number of hydrogen-bond donors (Lipinski definition) is 0. The number of hydrogen-bond acceptors (Lipinski definition) is 7. The molecule has 0 radical (unpaired) electrons. The average molecular weight is 352 g/mol. The summed E-state index contributed by atoms with van der Waals surface area (Å²) in [4.78, 5) is 27.2. The van der Waals surface area contributed by atoms with Gasteiger partial charge in [-0.1, -0.05) is 24.0 Å². The summed E-state index contributed by atoms with van der Waals surface area (Å²) in [6.07, 6.45) is 3.18. The summed E-state index contributed by atoms with van der Waals surface area (Å²) in [5.41, 5.74) is 0. The second-order valence-corrected chi connectivity index (χ2v) is 6.93. The van der Waals surface area contributed by atoms with Crippen LogP contribution >= 0.6 is 24.0 Å². The minimum Gasteiger partial charge on any atom is -0.471 e. The molecule has 2 saturated heterocycles. The largest absolute Gasteiger partial charge is 0.471 e. The van der Waals surface area contributed by atoms with Crippen LogP contribution in [-0.2, 0) is 9.59 Å². The van der Waals surface area contributed by atoms with E-state index in [1.165, 1.54) is 16.7 Å². The van der Waals surface area contributed by atoms with E-state index < -0.39 is 0 Å². The zero-order valence-electron chi connectivity index (χ0n) is 12.4. The van der Waals surface area contributed by atoms with Crippen molar-refractivity contribution >= 4 is 40.1 Å². The molecule has 2 aliphatic heterocycles. The van der Waals surface area contributed by atoms with Crippen LogP contribution in [-0.4, -0.2) is 67.6 Å². The summed E-state index contributed by atoms with van der Waals surface area (Å²) < 4.78 is 6.25. The van der Waals surface area contributed by atoms with Gasteiger partial charge in [-0.2, -0.15) is 5.10 Å². The molecule has 1 unspecified atom stereocenters. The van der Waals surface area contributed by atoms with Gasteiger partial charge in [-0.25, -0.2) is 0 Å². The van der Waals surface area contributed by atoms with Gasteiger partial charge < -0.3 is 9.64 Å². The van der Waals surface area contributed by atoms with Crippen LogP contribution in [0.4, 0.5) is 0 Å². The van der Waals surface area contributed by atoms with Gasteiger partial charge in [0.25, 0.3) is 0 Å². The number of likely N-dealkylation sites (tertiary alicyclic amines) is 1. The predicted octanol–water partition coefficient (Wildman–Crippen LogP) is 0.707. The molecule has 3 heterocycles. The third kappa shape index (κ3) is 3.97. The smallest absolute Gasteiger partial charge is 0.242 e. The number of ether oxygens (including phenoxy) is 1. The van der Waals surface area contributed by atoms with Crippen molar-refractivity contribution in [1.29, 1.82) is 0 Å². The van der Waals surface area contributed by atoms with Crippen molar-refractivity contribution in [3.63, 3.8) is 0 Å². The van der Waals surface area contributed by atoms with Gasteiger partial charge in [0.2, 0.25) is 17.7 Å². The maximum absolute atomic E-state index is 12.4. The normalized spacial score (nSPS) is 21.7. The van der Waals surface area contributed by atoms with E-state index in [0.717, 1.165) is 12.8 Å². The van der Waals surface area contributed by atoms with Crippen molar-refractivity contribution in [2.45, 2.75) is 18.9 Å². The lowest BCUT2D eigenvalue weighted by Crippen LogP contribution is -2.48. The number of thioether (sulfide) groups is 1. The Kier molecular flexibility index (Phi) is 5.06. The lowest BCUT2D eigenvalue weighted by Gasteiger charge is -2.33. The van der Waals surface area contributed by atoms with E-state index in [2.05, 4.69) is 10.2 Å². The van der Waals surface area contributed by atoms with Crippen molar-refractivity contribution in [3.05, 3.63) is 18.3 Å². The number of carbonyl (C=O) groups is 2. The topological polar surface area (TPSA) is 75.6 Å². The van der Waals surface area contributed by atoms with Crippen LogP contribution in [0.2, 0.25) is 0 Å². The quantitative estimate of drug-likeness (QED) is 0.739. The molecule has 1 aromatic heterocycles. The first-order valence-corrected chi connectivity index (χ1v) is 8.72. The van der Waals surface area contributed by atoms with Crippen LogP contribution in [0.5, 0.6) is 5.88 Å². The lowest BCUT2D eigenvalue weighted by molar-refractivity contribution is -0.137. The van der Waals surface area contributed by atoms with E-state index in [-0.39, 0.29) is 24.5 Å². The van der Waals surface area contributed by atoms with Crippen LogP contribution in [0.15, 0.2) is 18.3 Å². The fourth-order valence-corrected chi connectivity index (χ4v) is 3.62. The summed E-state index contributed by atoms with van der Waals surface area (Å²) in [6.45, 7) is 1.17. The monoisotopic (exact) mass is 352 g/mol. The highest BCUT2D eigenvalue weighted by molar-refractivity contribution is 8.23. The van der Waals surface area contributed by atoms with E-state index in [9.17, 15) is 9.59 Å². The van der Waals surface area contributed by atoms with E-state index >= 15 is 0 Å². The molecular weight excluding hydrogens is 336 g/mol. The highest BCUT2D eigenvalue weighted by atomic mass is 32.2. The zero-order valence-corrected chi connectivity index (χ0v) is 14.0. The number of carbonyl (C=O) groups excluding carboxylic acids is 2. The van der Waals surface area contributed by atoms with Crippen molar-refractivity contribution in [2.24, 2.45) is 0 Å². The van der Waals surface area contributed by atoms with E-state index in [4.69, 9.17) is 17.0 Å². The van der Waals surface area contributed by atoms with Gasteiger partial charge in [0, 0.05) is 18.8 Å². The van der Waals surface area contributed by atoms with E-state index in [0.29, 0.717) is 29.0 Å². The van der Waals surface area contributed by atoms with Gasteiger partial charge in [-0.15, -0.1) is 5.10 Å². The summed E-state index contributed by atoms with van der Waals surface area (Å²) >= 11 is 6.41. The molecule has 0 N–H and O–H groups in total. The summed E-state index contributed by atoms with van der Waals surface area (Å²) in [7, 11) is 0. The summed E-state index contributed by atoms with van der Waals surface area (Å²) in [5, 5.41) is 7.67. The van der Waals surface area contributed by atoms with Crippen molar-refractivity contribution in [1.82, 2.24) is 20.0 Å². The molecule has 9 heteroatoms. The average Bonchev–Trinajstić information content (AvgIpc) is 2.88. The Morgan fingerprint density at radius 1 is 1.52 bits per heavy atom. The van der Waals surface area contributed by atoms with Crippen molar-refractivity contribution in [3.8, 4) is 5.88 Å². The maximum Gasteiger partial charge on any atom is 0.242 e. The SMILES string of the molecule is O=C(CN1C(=O)CSC1=S)N1CCCC(Oc2cccnn2)C1. The molecule has 7 nitrogen and oxygen atoms in total. The molecule has 23 heavy (non-hydrogen) atoms. The summed E-state index contributed by atoms with van der Waals surface area (Å²) in [6, 6.07) is 3.50. The molecule has 122 valence electrons. The molecule has 0 spiro atoms. The minimum atomic E-state index is -0.111. The van der Waals surface area contributed by atoms with Gasteiger partial charge in [0.05, 0.1) is 12.3 Å². The molecule has 0 aliphatic carbocycles. The number of piperidine rings is 1. The van der Waals surface area contributed by atoms with Gasteiger partial charge >= 0.3 is 0 Å². The number of aromatic nitrogens is 2. The van der Waals surface area contributed by atoms with Crippen molar-refractivity contribution < 1.29 is 14.3 Å². The first-order chi connectivity index (χ1) is 11.1. The van der Waals surface area contributed by atoms with Gasteiger partial charge in [-0.3, -0.25) is 14.5 Å². The van der Waals surface area contributed by atoms with Crippen molar-refractivity contribution in [2.75, 3.05) is 25.4 Å². The molecule has 3 rings (SSSR count). The van der Waals surface area contributed by atoms with Gasteiger partial charge in [0.15, 0.2) is 0 Å². The first kappa shape index (κ1) is 16.1. The molecule has 0 aromatic carbocycles. The Bertz CT molecular complexity index is 597. The summed E-state index contributed by atoms with van der Waals surface area (Å²) in [5.74, 6) is 0.581. The molecule has 0 bridgehead atoms. The molecule has 2 aliphatic rings. The molecule has 2 amide bonds. The van der Waals surface area contributed by atoms with Crippen LogP contribution < -0.4 is 4.74 Å². The molecule has 1 atom stereocenters. The van der Waals surface area contributed by atoms with Gasteiger partial charge in [0.1, 0.15) is 17.0 Å². The predicted molar refractivity (Wildman–Crippen MR) is 89.0 cm³/mol. The Labute approximate surface area is 143 Å². The number of nitrogens with zero attached hydrogens (tertiary/aromatic N) is 4. The maximum atomic E-state index is 12.4. The Balaban J connectivity index is 1.56. The molecule has 2 fully saturated rings. The van der Waals surface area contributed by atoms with Crippen LogP contribution in [0.1, 0.15) is 12.8 Å². The second kappa shape index (κ2) is 7.22. The highest BCUT2D eigenvalue weighted by Gasteiger charge is 2.32. The fraction of sp³-hybridized carbons (Fsp3) is 0.500. The lowest BCUT2D eigenvalue weighted by atomic mass is 10.1. The number of rotatable bonds is 4. The Morgan fingerprint density at radius 3 is 3.09 bits per heavy atom. The number of thiocarbonyl (C=S) groups is 1. The second-order valence-electron chi connectivity index (χ2n) is 5.32. The van der Waals surface area contributed by atoms with E-state index in [1.807, 2.05) is 0 Å². The third-order valence-electron chi connectivity index (χ3n) is 3.70. The molecule has 0 saturated carbocycles. The fourth-order valence-electron chi connectivity index (χ4n) is 2.55. The number of amides is 2. The van der Waals surface area contributed by atoms with Gasteiger partial charge in [-0.05, 0) is 18.9 Å². The van der Waals surface area contributed by atoms with E-state index in [1.54, 1.807) is 23.2 Å².